The van der Waals surface area contributed by atoms with E-state index in [1.807, 2.05) is 11.9 Å². The van der Waals surface area contributed by atoms with Crippen molar-refractivity contribution in [2.24, 2.45) is 0 Å². The molecule has 2 N–H and O–H groups in total. The number of ketones is 1. The Bertz CT molecular complexity index is 317. The summed E-state index contributed by atoms with van der Waals surface area (Å²) in [7, 11) is 1.90. The first-order valence-corrected chi connectivity index (χ1v) is 5.72. The zero-order valence-electron chi connectivity index (χ0n) is 9.94. The molecule has 0 aromatic heterocycles. The molecule has 1 aliphatic heterocycles. The maximum Gasteiger partial charge on any atom is 0.322 e. The summed E-state index contributed by atoms with van der Waals surface area (Å²) in [5, 5.41) is 10.6. The smallest absolute Gasteiger partial charge is 0.322 e. The highest BCUT2D eigenvalue weighted by Gasteiger charge is 2.27. The van der Waals surface area contributed by atoms with Gasteiger partial charge in [-0.3, -0.25) is 19.3 Å². The molecule has 0 saturated carbocycles. The van der Waals surface area contributed by atoms with Crippen molar-refractivity contribution < 1.29 is 19.5 Å². The minimum Gasteiger partial charge on any atom is -0.480 e. The lowest BCUT2D eigenvalue weighted by atomic mass is 10.1. The Morgan fingerprint density at radius 2 is 2.06 bits per heavy atom. The van der Waals surface area contributed by atoms with Gasteiger partial charge < -0.3 is 10.4 Å². The molecule has 1 unspecified atom stereocenters. The molecule has 0 aliphatic carbocycles. The number of amides is 1. The summed E-state index contributed by atoms with van der Waals surface area (Å²) in [6.07, 6.45) is 2.11. The maximum absolute atomic E-state index is 11.8. The first-order valence-electron chi connectivity index (χ1n) is 5.72. The Labute approximate surface area is 100.0 Å². The lowest BCUT2D eigenvalue weighted by Crippen LogP contribution is -2.34. The van der Waals surface area contributed by atoms with Gasteiger partial charge in [0.15, 0.2) is 0 Å². The average Bonchev–Trinajstić information content (AvgIpc) is 2.69. The summed E-state index contributed by atoms with van der Waals surface area (Å²) >= 11 is 0. The molecule has 1 saturated heterocycles. The van der Waals surface area contributed by atoms with Gasteiger partial charge in [0.25, 0.3) is 0 Å². The molecule has 0 spiro atoms. The normalized spacial score (nSPS) is 20.2. The second-order valence-corrected chi connectivity index (χ2v) is 4.28. The van der Waals surface area contributed by atoms with Gasteiger partial charge in [0.1, 0.15) is 12.3 Å². The van der Waals surface area contributed by atoms with Crippen molar-refractivity contribution >= 4 is 17.7 Å². The molecule has 0 bridgehead atoms. The van der Waals surface area contributed by atoms with E-state index in [1.165, 1.54) is 0 Å². The van der Waals surface area contributed by atoms with Gasteiger partial charge in [0.2, 0.25) is 5.91 Å². The number of hydrogen-bond donors (Lipinski definition) is 2. The highest BCUT2D eigenvalue weighted by atomic mass is 16.4. The van der Waals surface area contributed by atoms with Crippen molar-refractivity contribution in [2.45, 2.75) is 31.7 Å². The molecular weight excluding hydrogens is 224 g/mol. The van der Waals surface area contributed by atoms with Crippen molar-refractivity contribution in [3.05, 3.63) is 0 Å². The number of Topliss-reactive ketones (excluding diaryl/α,β-unsaturated/α-hetero) is 1. The molecule has 17 heavy (non-hydrogen) atoms. The van der Waals surface area contributed by atoms with Crippen LogP contribution in [0.15, 0.2) is 0 Å². The van der Waals surface area contributed by atoms with Gasteiger partial charge in [-0.15, -0.1) is 0 Å². The maximum atomic E-state index is 11.8. The summed E-state index contributed by atoms with van der Waals surface area (Å²) < 4.78 is 0. The summed E-state index contributed by atoms with van der Waals surface area (Å²) in [6.45, 7) is 0.526. The van der Waals surface area contributed by atoms with Crippen molar-refractivity contribution in [3.63, 3.8) is 0 Å². The molecule has 1 heterocycles. The molecule has 6 nitrogen and oxygen atoms in total. The third kappa shape index (κ3) is 4.52. The number of likely N-dealkylation sites (N-methyl/N-ethyl adjacent to an activating group) is 1. The van der Waals surface area contributed by atoms with E-state index in [0.717, 1.165) is 19.4 Å². The Morgan fingerprint density at radius 1 is 1.35 bits per heavy atom. The molecule has 1 aliphatic rings. The van der Waals surface area contributed by atoms with Crippen LogP contribution in [0.25, 0.3) is 0 Å². The first-order chi connectivity index (χ1) is 8.00. The molecule has 0 radical (unpaired) electrons. The molecule has 0 aromatic rings. The fraction of sp³-hybridized carbons (Fsp3) is 0.727. The number of likely N-dealkylation sites (tertiary alicyclic amines) is 1. The zero-order valence-corrected chi connectivity index (χ0v) is 9.94. The summed E-state index contributed by atoms with van der Waals surface area (Å²) in [5.74, 6) is -1.41. The molecule has 1 fully saturated rings. The molecule has 0 aromatic carbocycles. The summed E-state index contributed by atoms with van der Waals surface area (Å²) in [5.41, 5.74) is 0. The van der Waals surface area contributed by atoms with Crippen molar-refractivity contribution in [1.29, 1.82) is 0 Å². The fourth-order valence-electron chi connectivity index (χ4n) is 1.98. The van der Waals surface area contributed by atoms with Crippen LogP contribution in [0.3, 0.4) is 0 Å². The van der Waals surface area contributed by atoms with Crippen LogP contribution in [0.4, 0.5) is 0 Å². The summed E-state index contributed by atoms with van der Waals surface area (Å²) in [4.78, 5) is 35.2. The third-order valence-electron chi connectivity index (χ3n) is 2.93. The molecular formula is C11H18N2O4. The second-order valence-electron chi connectivity index (χ2n) is 4.28. The second kappa shape index (κ2) is 6.34. The monoisotopic (exact) mass is 242 g/mol. The number of nitrogens with one attached hydrogen (secondary N) is 1. The SMILES string of the molecule is CN1CCCC1C(=O)CCC(=O)NCC(=O)O. The zero-order chi connectivity index (χ0) is 12.8. The number of carbonyl (C=O) groups excluding carboxylic acids is 2. The fourth-order valence-corrected chi connectivity index (χ4v) is 1.98. The molecule has 1 rings (SSSR count). The van der Waals surface area contributed by atoms with Crippen LogP contribution in [-0.2, 0) is 14.4 Å². The lowest BCUT2D eigenvalue weighted by Gasteiger charge is -2.17. The third-order valence-corrected chi connectivity index (χ3v) is 2.93. The molecule has 6 heteroatoms. The van der Waals surface area contributed by atoms with E-state index in [0.29, 0.717) is 0 Å². The average molecular weight is 242 g/mol. The van der Waals surface area contributed by atoms with Crippen LogP contribution in [-0.4, -0.2) is 53.8 Å². The van der Waals surface area contributed by atoms with Gasteiger partial charge in [0.05, 0.1) is 6.04 Å². The van der Waals surface area contributed by atoms with Gasteiger partial charge in [0, 0.05) is 12.8 Å². The van der Waals surface area contributed by atoms with Crippen LogP contribution in [0.5, 0.6) is 0 Å². The number of hydrogen-bond acceptors (Lipinski definition) is 4. The Hall–Kier alpha value is -1.43. The number of rotatable bonds is 6. The minimum atomic E-state index is -1.08. The number of carbonyl (C=O) groups is 3. The van der Waals surface area contributed by atoms with Gasteiger partial charge in [-0.05, 0) is 26.4 Å². The van der Waals surface area contributed by atoms with Crippen LogP contribution < -0.4 is 5.32 Å². The predicted octanol–water partition coefficient (Wildman–Crippen LogP) is -0.369. The molecule has 1 amide bonds. The van der Waals surface area contributed by atoms with E-state index in [9.17, 15) is 14.4 Å². The molecule has 96 valence electrons. The van der Waals surface area contributed by atoms with E-state index >= 15 is 0 Å². The number of nitrogens with zero attached hydrogens (tertiary/aromatic N) is 1. The minimum absolute atomic E-state index is 0.0653. The van der Waals surface area contributed by atoms with Crippen molar-refractivity contribution in [2.75, 3.05) is 20.1 Å². The Morgan fingerprint density at radius 3 is 2.59 bits per heavy atom. The van der Waals surface area contributed by atoms with Gasteiger partial charge >= 0.3 is 5.97 Å². The van der Waals surface area contributed by atoms with Gasteiger partial charge in [-0.2, -0.15) is 0 Å². The van der Waals surface area contributed by atoms with E-state index in [4.69, 9.17) is 5.11 Å². The topological polar surface area (TPSA) is 86.7 Å². The van der Waals surface area contributed by atoms with Gasteiger partial charge in [-0.25, -0.2) is 0 Å². The Balaban J connectivity index is 2.23. The van der Waals surface area contributed by atoms with E-state index in [2.05, 4.69) is 5.32 Å². The largest absolute Gasteiger partial charge is 0.480 e. The lowest BCUT2D eigenvalue weighted by molar-refractivity contribution is -0.138. The van der Waals surface area contributed by atoms with Crippen LogP contribution in [0.1, 0.15) is 25.7 Å². The van der Waals surface area contributed by atoms with E-state index < -0.39 is 12.5 Å². The highest BCUT2D eigenvalue weighted by molar-refractivity contribution is 5.89. The summed E-state index contributed by atoms with van der Waals surface area (Å²) in [6, 6.07) is -0.0673. The highest BCUT2D eigenvalue weighted by Crippen LogP contribution is 2.17. The molecule has 1 atom stereocenters. The first kappa shape index (κ1) is 13.6. The standard InChI is InChI=1S/C11H18N2O4/c1-13-6-2-3-8(13)9(14)4-5-10(15)12-7-11(16)17/h8H,2-7H2,1H3,(H,12,15)(H,16,17). The van der Waals surface area contributed by atoms with Crippen LogP contribution >= 0.6 is 0 Å². The number of aliphatic carboxylic acids is 1. The number of carboxylic acids is 1. The van der Waals surface area contributed by atoms with E-state index in [-0.39, 0.29) is 30.6 Å². The van der Waals surface area contributed by atoms with Crippen molar-refractivity contribution in [3.8, 4) is 0 Å². The quantitative estimate of drug-likeness (QED) is 0.663. The number of carboxylic acid groups (broad SMARTS) is 1. The van der Waals surface area contributed by atoms with Crippen molar-refractivity contribution in [1.82, 2.24) is 10.2 Å². The van der Waals surface area contributed by atoms with Crippen LogP contribution in [0, 0.1) is 0 Å². The Kier molecular flexibility index (Phi) is 5.09. The van der Waals surface area contributed by atoms with Crippen LogP contribution in [0.2, 0.25) is 0 Å². The van der Waals surface area contributed by atoms with Gasteiger partial charge in [-0.1, -0.05) is 0 Å². The predicted molar refractivity (Wildman–Crippen MR) is 60.5 cm³/mol. The van der Waals surface area contributed by atoms with E-state index in [1.54, 1.807) is 0 Å².